The van der Waals surface area contributed by atoms with Gasteiger partial charge in [0, 0.05) is 12.3 Å². The lowest BCUT2D eigenvalue weighted by atomic mass is 10.2. The van der Waals surface area contributed by atoms with Crippen LogP contribution in [0.2, 0.25) is 0 Å². The van der Waals surface area contributed by atoms with Crippen molar-refractivity contribution in [3.05, 3.63) is 53.6 Å². The molecule has 5 nitrogen and oxygen atoms in total. The normalized spacial score (nSPS) is 11.6. The Balaban J connectivity index is 1.91. The highest BCUT2D eigenvalue weighted by Crippen LogP contribution is 2.28. The van der Waals surface area contributed by atoms with Crippen molar-refractivity contribution in [3.63, 3.8) is 0 Å². The fraction of sp³-hybridized carbons (Fsp3) is 0.0667. The van der Waals surface area contributed by atoms with E-state index in [1.54, 1.807) is 0 Å². The number of carbonyl (C=O) groups is 1. The van der Waals surface area contributed by atoms with E-state index in [2.05, 4.69) is 10.3 Å². The van der Waals surface area contributed by atoms with Gasteiger partial charge in [-0.25, -0.2) is 22.2 Å². The van der Waals surface area contributed by atoms with Crippen molar-refractivity contribution in [2.24, 2.45) is 0 Å². The average molecular weight is 368 g/mol. The van der Waals surface area contributed by atoms with E-state index < -0.39 is 27.4 Å². The van der Waals surface area contributed by atoms with Gasteiger partial charge in [-0.1, -0.05) is 11.3 Å². The first kappa shape index (κ1) is 16.5. The van der Waals surface area contributed by atoms with Crippen LogP contribution in [0.15, 0.2) is 41.3 Å². The molecule has 1 amide bonds. The van der Waals surface area contributed by atoms with Crippen LogP contribution in [0.4, 0.5) is 13.9 Å². The number of thiazole rings is 1. The van der Waals surface area contributed by atoms with Crippen LogP contribution >= 0.6 is 11.3 Å². The molecule has 3 aromatic rings. The maximum Gasteiger partial charge on any atom is 0.260 e. The molecule has 0 saturated heterocycles. The van der Waals surface area contributed by atoms with Crippen molar-refractivity contribution in [2.45, 2.75) is 4.90 Å². The number of anilines is 1. The molecule has 1 aromatic heterocycles. The molecule has 3 rings (SSSR count). The van der Waals surface area contributed by atoms with E-state index in [0.29, 0.717) is 16.3 Å². The predicted molar refractivity (Wildman–Crippen MR) is 87.0 cm³/mol. The van der Waals surface area contributed by atoms with Crippen molar-refractivity contribution in [3.8, 4) is 0 Å². The molecule has 0 aliphatic heterocycles. The highest BCUT2D eigenvalue weighted by molar-refractivity contribution is 7.90. The highest BCUT2D eigenvalue weighted by Gasteiger charge is 2.16. The van der Waals surface area contributed by atoms with Gasteiger partial charge in [-0.3, -0.25) is 10.1 Å². The molecular weight excluding hydrogens is 358 g/mol. The number of hydrogen-bond donors (Lipinski definition) is 1. The Bertz CT molecular complexity index is 1060. The standard InChI is InChI=1S/C15H10F2N2O3S2/c1-24(21,22)9-3-5-12-13(7-9)23-15(18-12)19-14(20)10-4-2-8(16)6-11(10)17/h2-7H,1H3,(H,18,19,20). The molecule has 1 heterocycles. The van der Waals surface area contributed by atoms with E-state index in [1.165, 1.54) is 18.2 Å². The molecule has 0 radical (unpaired) electrons. The topological polar surface area (TPSA) is 76.1 Å². The zero-order chi connectivity index (χ0) is 17.5. The molecule has 0 unspecified atom stereocenters. The van der Waals surface area contributed by atoms with Crippen LogP contribution in [0.3, 0.4) is 0 Å². The summed E-state index contributed by atoms with van der Waals surface area (Å²) in [5.74, 6) is -2.53. The third-order valence-electron chi connectivity index (χ3n) is 3.18. The summed E-state index contributed by atoms with van der Waals surface area (Å²) in [6.45, 7) is 0. The lowest BCUT2D eigenvalue weighted by molar-refractivity contribution is 0.102. The smallest absolute Gasteiger partial charge is 0.260 e. The Labute approximate surface area is 139 Å². The summed E-state index contributed by atoms with van der Waals surface area (Å²) in [6, 6.07) is 7.03. The van der Waals surface area contributed by atoms with Crippen LogP contribution in [0.25, 0.3) is 10.2 Å². The van der Waals surface area contributed by atoms with Gasteiger partial charge in [-0.2, -0.15) is 0 Å². The number of sulfone groups is 1. The van der Waals surface area contributed by atoms with E-state index in [9.17, 15) is 22.0 Å². The molecule has 0 fully saturated rings. The molecular formula is C15H10F2N2O3S2. The second kappa shape index (κ2) is 5.91. The fourth-order valence-electron chi connectivity index (χ4n) is 2.03. The molecule has 0 aliphatic carbocycles. The van der Waals surface area contributed by atoms with Gasteiger partial charge in [0.05, 0.1) is 20.7 Å². The summed E-state index contributed by atoms with van der Waals surface area (Å²) in [7, 11) is -3.35. The van der Waals surface area contributed by atoms with Crippen LogP contribution in [-0.2, 0) is 9.84 Å². The number of amides is 1. The van der Waals surface area contributed by atoms with E-state index in [4.69, 9.17) is 0 Å². The monoisotopic (exact) mass is 368 g/mol. The summed E-state index contributed by atoms with van der Waals surface area (Å²) in [4.78, 5) is 16.3. The first-order valence-electron chi connectivity index (χ1n) is 6.61. The van der Waals surface area contributed by atoms with Gasteiger partial charge in [-0.15, -0.1) is 0 Å². The Morgan fingerprint density at radius 3 is 2.58 bits per heavy atom. The van der Waals surface area contributed by atoms with Gasteiger partial charge in [0.1, 0.15) is 11.6 Å². The second-order valence-corrected chi connectivity index (χ2v) is 8.05. The average Bonchev–Trinajstić information content (AvgIpc) is 2.87. The molecule has 2 aromatic carbocycles. The molecule has 0 bridgehead atoms. The minimum absolute atomic E-state index is 0.140. The number of benzene rings is 2. The number of hydrogen-bond acceptors (Lipinski definition) is 5. The summed E-state index contributed by atoms with van der Waals surface area (Å²) in [5.41, 5.74) is 0.190. The number of nitrogens with one attached hydrogen (secondary N) is 1. The van der Waals surface area contributed by atoms with E-state index in [0.717, 1.165) is 29.7 Å². The van der Waals surface area contributed by atoms with Crippen molar-refractivity contribution in [1.29, 1.82) is 0 Å². The zero-order valence-electron chi connectivity index (χ0n) is 12.2. The second-order valence-electron chi connectivity index (χ2n) is 5.00. The maximum atomic E-state index is 13.6. The first-order valence-corrected chi connectivity index (χ1v) is 9.32. The van der Waals surface area contributed by atoms with Crippen LogP contribution in [-0.4, -0.2) is 25.6 Å². The first-order chi connectivity index (χ1) is 11.2. The molecule has 1 N–H and O–H groups in total. The van der Waals surface area contributed by atoms with Crippen molar-refractivity contribution < 1.29 is 22.0 Å². The van der Waals surface area contributed by atoms with E-state index >= 15 is 0 Å². The van der Waals surface area contributed by atoms with Crippen LogP contribution in [0.5, 0.6) is 0 Å². The SMILES string of the molecule is CS(=O)(=O)c1ccc2nc(NC(=O)c3ccc(F)cc3F)sc2c1. The van der Waals surface area contributed by atoms with Crippen molar-refractivity contribution in [2.75, 3.05) is 11.6 Å². The summed E-state index contributed by atoms with van der Waals surface area (Å²) >= 11 is 1.06. The molecule has 0 spiro atoms. The fourth-order valence-corrected chi connectivity index (χ4v) is 3.65. The number of fused-ring (bicyclic) bond motifs is 1. The largest absolute Gasteiger partial charge is 0.298 e. The molecule has 124 valence electrons. The number of rotatable bonds is 3. The molecule has 24 heavy (non-hydrogen) atoms. The minimum Gasteiger partial charge on any atom is -0.298 e. The Kier molecular flexibility index (Phi) is 4.06. The van der Waals surface area contributed by atoms with Gasteiger partial charge < -0.3 is 0 Å². The Morgan fingerprint density at radius 2 is 1.92 bits per heavy atom. The van der Waals surface area contributed by atoms with Crippen LogP contribution < -0.4 is 5.32 Å². The Hall–Kier alpha value is -2.39. The quantitative estimate of drug-likeness (QED) is 0.770. The lowest BCUT2D eigenvalue weighted by Crippen LogP contribution is -2.13. The molecule has 0 aliphatic rings. The summed E-state index contributed by atoms with van der Waals surface area (Å²) in [5, 5.41) is 2.61. The van der Waals surface area contributed by atoms with Gasteiger partial charge >= 0.3 is 0 Å². The maximum absolute atomic E-state index is 13.6. The van der Waals surface area contributed by atoms with Crippen molar-refractivity contribution >= 4 is 42.4 Å². The van der Waals surface area contributed by atoms with Gasteiger partial charge in [0.2, 0.25) is 0 Å². The van der Waals surface area contributed by atoms with E-state index in [1.807, 2.05) is 0 Å². The van der Waals surface area contributed by atoms with Gasteiger partial charge in [0.25, 0.3) is 5.91 Å². The molecule has 0 saturated carbocycles. The molecule has 0 atom stereocenters. The predicted octanol–water partition coefficient (Wildman–Crippen LogP) is 3.23. The lowest BCUT2D eigenvalue weighted by Gasteiger charge is -2.02. The number of halogens is 2. The van der Waals surface area contributed by atoms with E-state index in [-0.39, 0.29) is 15.6 Å². The number of carbonyl (C=O) groups excluding carboxylic acids is 1. The number of aromatic nitrogens is 1. The van der Waals surface area contributed by atoms with Crippen LogP contribution in [0, 0.1) is 11.6 Å². The highest BCUT2D eigenvalue weighted by atomic mass is 32.2. The minimum atomic E-state index is -3.35. The van der Waals surface area contributed by atoms with Crippen molar-refractivity contribution in [1.82, 2.24) is 4.98 Å². The van der Waals surface area contributed by atoms with Gasteiger partial charge in [-0.05, 0) is 30.3 Å². The zero-order valence-corrected chi connectivity index (χ0v) is 13.8. The molecule has 9 heteroatoms. The third-order valence-corrected chi connectivity index (χ3v) is 5.23. The summed E-state index contributed by atoms with van der Waals surface area (Å²) < 4.78 is 50.2. The Morgan fingerprint density at radius 1 is 1.17 bits per heavy atom. The van der Waals surface area contributed by atoms with Gasteiger partial charge in [0.15, 0.2) is 15.0 Å². The third kappa shape index (κ3) is 3.26. The summed E-state index contributed by atoms with van der Waals surface area (Å²) in [6.07, 6.45) is 1.09. The number of nitrogens with zero attached hydrogens (tertiary/aromatic N) is 1. The van der Waals surface area contributed by atoms with Crippen LogP contribution in [0.1, 0.15) is 10.4 Å².